The van der Waals surface area contributed by atoms with E-state index in [2.05, 4.69) is 9.82 Å². The number of benzene rings is 1. The maximum atomic E-state index is 12.3. The van der Waals surface area contributed by atoms with E-state index in [4.69, 9.17) is 9.47 Å². The number of hydrogen-bond donors (Lipinski definition) is 1. The van der Waals surface area contributed by atoms with E-state index in [9.17, 15) is 8.42 Å². The van der Waals surface area contributed by atoms with Crippen LogP contribution in [-0.2, 0) is 17.1 Å². The molecule has 3 rings (SSSR count). The van der Waals surface area contributed by atoms with Crippen molar-refractivity contribution in [3.8, 4) is 11.5 Å². The van der Waals surface area contributed by atoms with E-state index in [1.807, 2.05) is 6.07 Å². The number of sulfonamides is 1. The molecule has 7 nitrogen and oxygen atoms in total. The normalized spacial score (nSPS) is 15.5. The summed E-state index contributed by atoms with van der Waals surface area (Å²) in [5.74, 6) is 1.31. The zero-order chi connectivity index (χ0) is 15.7. The Balaban J connectivity index is 1.81. The van der Waals surface area contributed by atoms with Crippen molar-refractivity contribution in [1.82, 2.24) is 14.5 Å². The van der Waals surface area contributed by atoms with Crippen LogP contribution in [0.15, 0.2) is 35.5 Å². The fourth-order valence-corrected chi connectivity index (χ4v) is 3.45. The fourth-order valence-electron chi connectivity index (χ4n) is 2.24. The smallest absolute Gasteiger partial charge is 0.244 e. The molecule has 2 heterocycles. The maximum absolute atomic E-state index is 12.3. The Morgan fingerprint density at radius 1 is 1.27 bits per heavy atom. The predicted molar refractivity (Wildman–Crippen MR) is 79.4 cm³/mol. The van der Waals surface area contributed by atoms with Crippen LogP contribution in [0.3, 0.4) is 0 Å². The van der Waals surface area contributed by atoms with Gasteiger partial charge in [-0.15, -0.1) is 0 Å². The molecule has 0 fully saturated rings. The predicted octanol–water partition coefficient (Wildman–Crippen LogP) is 1.23. The molecule has 0 spiro atoms. The lowest BCUT2D eigenvalue weighted by atomic mass is 10.1. The minimum atomic E-state index is -3.61. The number of hydrogen-bond acceptors (Lipinski definition) is 5. The highest BCUT2D eigenvalue weighted by atomic mass is 32.2. The maximum Gasteiger partial charge on any atom is 0.244 e. The molecule has 0 amide bonds. The molecular formula is C14H17N3O4S. The van der Waals surface area contributed by atoms with Crippen molar-refractivity contribution in [1.29, 1.82) is 0 Å². The molecule has 22 heavy (non-hydrogen) atoms. The molecule has 1 unspecified atom stereocenters. The molecular weight excluding hydrogens is 306 g/mol. The summed E-state index contributed by atoms with van der Waals surface area (Å²) in [6.45, 7) is 2.79. The standard InChI is InChI=1S/C14H17N3O4S/c1-10(16-22(18,19)12-8-15-17(2)9-12)11-3-4-13-14(7-11)21-6-5-20-13/h3-4,7-10,16H,5-6H2,1-2H3. The van der Waals surface area contributed by atoms with Gasteiger partial charge >= 0.3 is 0 Å². The van der Waals surface area contributed by atoms with Crippen molar-refractivity contribution in [2.45, 2.75) is 17.9 Å². The molecule has 0 aliphatic carbocycles. The van der Waals surface area contributed by atoms with Crippen LogP contribution in [0, 0.1) is 0 Å². The quantitative estimate of drug-likeness (QED) is 0.915. The van der Waals surface area contributed by atoms with E-state index in [0.29, 0.717) is 24.7 Å². The number of fused-ring (bicyclic) bond motifs is 1. The van der Waals surface area contributed by atoms with Gasteiger partial charge in [0.2, 0.25) is 10.0 Å². The lowest BCUT2D eigenvalue weighted by Gasteiger charge is -2.21. The molecule has 1 aliphatic heterocycles. The Labute approximate surface area is 128 Å². The Kier molecular flexibility index (Phi) is 3.79. The van der Waals surface area contributed by atoms with Crippen molar-refractivity contribution in [2.75, 3.05) is 13.2 Å². The van der Waals surface area contributed by atoms with E-state index in [0.717, 1.165) is 5.56 Å². The van der Waals surface area contributed by atoms with Crippen LogP contribution in [0.25, 0.3) is 0 Å². The van der Waals surface area contributed by atoms with Gasteiger partial charge in [0.15, 0.2) is 11.5 Å². The van der Waals surface area contributed by atoms with Gasteiger partial charge in [0, 0.05) is 19.3 Å². The van der Waals surface area contributed by atoms with Gasteiger partial charge in [0.25, 0.3) is 0 Å². The first-order chi connectivity index (χ1) is 10.5. The van der Waals surface area contributed by atoms with Crippen molar-refractivity contribution in [3.05, 3.63) is 36.2 Å². The van der Waals surface area contributed by atoms with Crippen LogP contribution in [-0.4, -0.2) is 31.4 Å². The number of aromatic nitrogens is 2. The number of nitrogens with zero attached hydrogens (tertiary/aromatic N) is 2. The fraction of sp³-hybridized carbons (Fsp3) is 0.357. The number of ether oxygens (including phenoxy) is 2. The molecule has 1 aromatic heterocycles. The van der Waals surface area contributed by atoms with Gasteiger partial charge in [-0.1, -0.05) is 6.07 Å². The molecule has 2 aromatic rings. The van der Waals surface area contributed by atoms with Crippen LogP contribution in [0.2, 0.25) is 0 Å². The van der Waals surface area contributed by atoms with Gasteiger partial charge < -0.3 is 9.47 Å². The lowest BCUT2D eigenvalue weighted by Crippen LogP contribution is -2.27. The summed E-state index contributed by atoms with van der Waals surface area (Å²) in [5, 5.41) is 3.88. The first-order valence-electron chi connectivity index (χ1n) is 6.86. The first kappa shape index (κ1) is 14.9. The SMILES string of the molecule is CC(NS(=O)(=O)c1cnn(C)c1)c1ccc2c(c1)OCCO2. The third-order valence-corrected chi connectivity index (χ3v) is 4.88. The summed E-state index contributed by atoms with van der Waals surface area (Å²) < 4.78 is 39.6. The second-order valence-electron chi connectivity index (χ2n) is 5.10. The molecule has 1 aromatic carbocycles. The van der Waals surface area contributed by atoms with Gasteiger partial charge in [0.05, 0.1) is 6.20 Å². The van der Waals surface area contributed by atoms with Crippen molar-refractivity contribution in [3.63, 3.8) is 0 Å². The van der Waals surface area contributed by atoms with Gasteiger partial charge in [-0.2, -0.15) is 5.10 Å². The zero-order valence-electron chi connectivity index (χ0n) is 12.3. The molecule has 1 aliphatic rings. The minimum Gasteiger partial charge on any atom is -0.486 e. The molecule has 0 saturated heterocycles. The Bertz CT molecular complexity index is 785. The highest BCUT2D eigenvalue weighted by Gasteiger charge is 2.21. The van der Waals surface area contributed by atoms with E-state index in [1.54, 1.807) is 26.1 Å². The molecule has 118 valence electrons. The highest BCUT2D eigenvalue weighted by molar-refractivity contribution is 7.89. The molecule has 0 saturated carbocycles. The Morgan fingerprint density at radius 3 is 2.68 bits per heavy atom. The number of rotatable bonds is 4. The van der Waals surface area contributed by atoms with Gasteiger partial charge in [-0.25, -0.2) is 13.1 Å². The van der Waals surface area contributed by atoms with Crippen molar-refractivity contribution < 1.29 is 17.9 Å². The summed E-state index contributed by atoms with van der Waals surface area (Å²) in [7, 11) is -1.94. The van der Waals surface area contributed by atoms with Crippen LogP contribution in [0.1, 0.15) is 18.5 Å². The van der Waals surface area contributed by atoms with E-state index in [1.165, 1.54) is 17.1 Å². The topological polar surface area (TPSA) is 82.5 Å². The van der Waals surface area contributed by atoms with Crippen molar-refractivity contribution >= 4 is 10.0 Å². The lowest BCUT2D eigenvalue weighted by molar-refractivity contribution is 0.171. The van der Waals surface area contributed by atoms with Crippen LogP contribution >= 0.6 is 0 Å². The third-order valence-electron chi connectivity index (χ3n) is 3.39. The molecule has 1 N–H and O–H groups in total. The molecule has 1 atom stereocenters. The first-order valence-corrected chi connectivity index (χ1v) is 8.34. The third kappa shape index (κ3) is 2.93. The number of aryl methyl sites for hydroxylation is 1. The van der Waals surface area contributed by atoms with E-state index < -0.39 is 16.1 Å². The van der Waals surface area contributed by atoms with Crippen LogP contribution in [0.4, 0.5) is 0 Å². The summed E-state index contributed by atoms with van der Waals surface area (Å²) in [6, 6.07) is 5.01. The van der Waals surface area contributed by atoms with E-state index >= 15 is 0 Å². The summed E-state index contributed by atoms with van der Waals surface area (Å²) in [4.78, 5) is 0.138. The zero-order valence-corrected chi connectivity index (χ0v) is 13.1. The molecule has 8 heteroatoms. The summed E-state index contributed by atoms with van der Waals surface area (Å²) >= 11 is 0. The second kappa shape index (κ2) is 5.62. The van der Waals surface area contributed by atoms with Crippen molar-refractivity contribution in [2.24, 2.45) is 7.05 Å². The average molecular weight is 323 g/mol. The number of nitrogens with one attached hydrogen (secondary N) is 1. The molecule has 0 bridgehead atoms. The summed E-state index contributed by atoms with van der Waals surface area (Å²) in [5.41, 5.74) is 0.803. The Morgan fingerprint density at radius 2 is 2.00 bits per heavy atom. The van der Waals surface area contributed by atoms with Crippen LogP contribution in [0.5, 0.6) is 11.5 Å². The molecule has 0 radical (unpaired) electrons. The monoisotopic (exact) mass is 323 g/mol. The highest BCUT2D eigenvalue weighted by Crippen LogP contribution is 2.32. The largest absolute Gasteiger partial charge is 0.486 e. The van der Waals surface area contributed by atoms with Crippen LogP contribution < -0.4 is 14.2 Å². The van der Waals surface area contributed by atoms with E-state index in [-0.39, 0.29) is 4.90 Å². The average Bonchev–Trinajstić information content (AvgIpc) is 2.94. The summed E-state index contributed by atoms with van der Waals surface area (Å²) in [6.07, 6.45) is 2.78. The van der Waals surface area contributed by atoms with Gasteiger partial charge in [-0.3, -0.25) is 4.68 Å². The second-order valence-corrected chi connectivity index (χ2v) is 6.81. The van der Waals surface area contributed by atoms with Gasteiger partial charge in [-0.05, 0) is 24.6 Å². The Hall–Kier alpha value is -2.06. The minimum absolute atomic E-state index is 0.138. The van der Waals surface area contributed by atoms with Gasteiger partial charge in [0.1, 0.15) is 18.1 Å².